The van der Waals surface area contributed by atoms with Crippen LogP contribution < -0.4 is 0 Å². The highest BCUT2D eigenvalue weighted by atomic mass is 15.2. The number of nitrogens with zero attached hydrogens (tertiary/aromatic N) is 3. The summed E-state index contributed by atoms with van der Waals surface area (Å²) in [5, 5.41) is 4.35. The molecule has 1 heterocycles. The Morgan fingerprint density at radius 1 is 1.16 bits per heavy atom. The first kappa shape index (κ1) is 25.9. The normalized spacial score (nSPS) is 14.0. The van der Waals surface area contributed by atoms with Crippen LogP contribution in [0.2, 0.25) is 0 Å². The Balaban J connectivity index is 0. The molecule has 3 heteroatoms. The summed E-state index contributed by atoms with van der Waals surface area (Å²) in [5.41, 5.74) is 2.64. The van der Waals surface area contributed by atoms with E-state index in [-0.39, 0.29) is 0 Å². The quantitative estimate of drug-likeness (QED) is 0.537. The van der Waals surface area contributed by atoms with Gasteiger partial charge in [-0.2, -0.15) is 5.10 Å². The zero-order valence-corrected chi connectivity index (χ0v) is 18.7. The molecule has 0 radical (unpaired) electrons. The molecule has 0 aliphatic carbocycles. The number of hydrogen-bond donors (Lipinski definition) is 0. The Labute approximate surface area is 157 Å². The molecule has 0 fully saturated rings. The lowest BCUT2D eigenvalue weighted by Crippen LogP contribution is -2.08. The van der Waals surface area contributed by atoms with Crippen molar-refractivity contribution in [3.05, 3.63) is 29.6 Å². The van der Waals surface area contributed by atoms with Crippen LogP contribution in [0.25, 0.3) is 0 Å². The lowest BCUT2D eigenvalue weighted by Gasteiger charge is -2.19. The maximum absolute atomic E-state index is 4.35. The first-order valence-corrected chi connectivity index (χ1v) is 9.82. The molecule has 0 N–H and O–H groups in total. The minimum atomic E-state index is 0.566. The van der Waals surface area contributed by atoms with Crippen LogP contribution in [0.3, 0.4) is 0 Å². The van der Waals surface area contributed by atoms with Crippen LogP contribution in [0.15, 0.2) is 28.9 Å². The van der Waals surface area contributed by atoms with Gasteiger partial charge in [0.2, 0.25) is 0 Å². The molecule has 1 aromatic heterocycles. The summed E-state index contributed by atoms with van der Waals surface area (Å²) in [4.78, 5) is 3.95. The van der Waals surface area contributed by atoms with Crippen molar-refractivity contribution in [2.24, 2.45) is 29.8 Å². The summed E-state index contributed by atoms with van der Waals surface area (Å²) in [5.74, 6) is 2.68. The number of aliphatic imine (C=N–C) groups is 1. The van der Waals surface area contributed by atoms with E-state index in [4.69, 9.17) is 0 Å². The predicted octanol–water partition coefficient (Wildman–Crippen LogP) is 6.52. The zero-order chi connectivity index (χ0) is 20.0. The second-order valence-corrected chi connectivity index (χ2v) is 7.02. The van der Waals surface area contributed by atoms with Gasteiger partial charge in [-0.25, -0.2) is 0 Å². The molecule has 0 aromatic carbocycles. The van der Waals surface area contributed by atoms with Crippen molar-refractivity contribution in [1.29, 1.82) is 0 Å². The largest absolute Gasteiger partial charge is 0.297 e. The Morgan fingerprint density at radius 3 is 2.04 bits per heavy atom. The first-order chi connectivity index (χ1) is 11.7. The monoisotopic (exact) mass is 349 g/mol. The molecule has 0 bridgehead atoms. The summed E-state index contributed by atoms with van der Waals surface area (Å²) >= 11 is 0. The van der Waals surface area contributed by atoms with Crippen LogP contribution in [0.1, 0.15) is 80.3 Å². The maximum atomic E-state index is 4.35. The Bertz CT molecular complexity index is 481. The van der Waals surface area contributed by atoms with E-state index in [1.165, 1.54) is 17.7 Å². The smallest absolute Gasteiger partial charge is 0.0655 e. The van der Waals surface area contributed by atoms with Crippen LogP contribution in [-0.4, -0.2) is 23.0 Å². The van der Waals surface area contributed by atoms with Gasteiger partial charge in [0, 0.05) is 32.4 Å². The number of aromatic nitrogens is 2. The minimum absolute atomic E-state index is 0.566. The summed E-state index contributed by atoms with van der Waals surface area (Å²) < 4.78 is 1.86. The van der Waals surface area contributed by atoms with Crippen LogP contribution in [0.4, 0.5) is 0 Å². The van der Waals surface area contributed by atoms with Gasteiger partial charge in [0.15, 0.2) is 0 Å². The molecule has 2 atom stereocenters. The molecule has 2 unspecified atom stereocenters. The van der Waals surface area contributed by atoms with Crippen molar-refractivity contribution in [3.8, 4) is 0 Å². The fraction of sp³-hybridized carbons (Fsp3) is 0.727. The number of aryl methyl sites for hydroxylation is 1. The van der Waals surface area contributed by atoms with E-state index in [1.54, 1.807) is 7.05 Å². The Kier molecular flexibility index (Phi) is 15.4. The van der Waals surface area contributed by atoms with E-state index < -0.39 is 0 Å². The SMILES string of the molecule is CC.CC(C)C(C)c1ccn(C)n1.CCC(/C(C)=C/C=NC)C(C)C. The van der Waals surface area contributed by atoms with Gasteiger partial charge in [-0.3, -0.25) is 9.67 Å². The summed E-state index contributed by atoms with van der Waals surface area (Å²) in [6.07, 6.45) is 7.21. The van der Waals surface area contributed by atoms with Gasteiger partial charge in [0.1, 0.15) is 0 Å². The van der Waals surface area contributed by atoms with Crippen molar-refractivity contribution >= 4 is 6.21 Å². The third kappa shape index (κ3) is 11.0. The third-order valence-corrected chi connectivity index (χ3v) is 4.52. The van der Waals surface area contributed by atoms with Gasteiger partial charge in [0.25, 0.3) is 0 Å². The zero-order valence-electron chi connectivity index (χ0n) is 18.7. The van der Waals surface area contributed by atoms with E-state index >= 15 is 0 Å². The number of rotatable bonds is 6. The van der Waals surface area contributed by atoms with Crippen LogP contribution in [0, 0.1) is 17.8 Å². The molecule has 146 valence electrons. The average Bonchev–Trinajstić information content (AvgIpc) is 3.01. The maximum Gasteiger partial charge on any atom is 0.0655 e. The van der Waals surface area contributed by atoms with Crippen molar-refractivity contribution in [2.45, 2.75) is 74.7 Å². The molecule has 0 aliphatic heterocycles. The second kappa shape index (κ2) is 14.9. The molecule has 0 saturated carbocycles. The van der Waals surface area contributed by atoms with Crippen molar-refractivity contribution < 1.29 is 0 Å². The predicted molar refractivity (Wildman–Crippen MR) is 115 cm³/mol. The van der Waals surface area contributed by atoms with Crippen LogP contribution >= 0.6 is 0 Å². The molecule has 0 aliphatic rings. The van der Waals surface area contributed by atoms with Crippen LogP contribution in [0.5, 0.6) is 0 Å². The van der Waals surface area contributed by atoms with Gasteiger partial charge >= 0.3 is 0 Å². The van der Waals surface area contributed by atoms with E-state index in [2.05, 4.69) is 70.7 Å². The van der Waals surface area contributed by atoms with Gasteiger partial charge in [-0.05, 0) is 43.2 Å². The summed E-state index contributed by atoms with van der Waals surface area (Å²) in [6.45, 7) is 19.6. The molecular weight excluding hydrogens is 306 g/mol. The van der Waals surface area contributed by atoms with E-state index in [0.29, 0.717) is 17.8 Å². The van der Waals surface area contributed by atoms with Gasteiger partial charge < -0.3 is 0 Å². The minimum Gasteiger partial charge on any atom is -0.297 e. The molecule has 1 rings (SSSR count). The van der Waals surface area contributed by atoms with E-state index in [0.717, 1.165) is 5.92 Å². The fourth-order valence-electron chi connectivity index (χ4n) is 2.65. The first-order valence-electron chi connectivity index (χ1n) is 9.82. The lowest BCUT2D eigenvalue weighted by atomic mass is 9.87. The number of hydrogen-bond acceptors (Lipinski definition) is 2. The highest BCUT2D eigenvalue weighted by Crippen LogP contribution is 2.23. The summed E-state index contributed by atoms with van der Waals surface area (Å²) in [7, 11) is 3.76. The van der Waals surface area contributed by atoms with Crippen molar-refractivity contribution in [1.82, 2.24) is 9.78 Å². The molecule has 0 amide bonds. The summed E-state index contributed by atoms with van der Waals surface area (Å²) in [6, 6.07) is 2.09. The Hall–Kier alpha value is -1.38. The van der Waals surface area contributed by atoms with E-state index in [1.807, 2.05) is 38.0 Å². The van der Waals surface area contributed by atoms with Gasteiger partial charge in [-0.1, -0.05) is 61.0 Å². The van der Waals surface area contributed by atoms with Crippen molar-refractivity contribution in [2.75, 3.05) is 7.05 Å². The third-order valence-electron chi connectivity index (χ3n) is 4.52. The average molecular weight is 350 g/mol. The van der Waals surface area contributed by atoms with E-state index in [9.17, 15) is 0 Å². The molecule has 0 spiro atoms. The standard InChI is InChI=1S/C11H21N.C9H16N2.C2H6/c1-6-11(9(2)3)10(4)7-8-12-5;1-7(2)8(3)9-5-6-11(4)10-9;1-2/h7-9,11H,6H2,1-5H3;5-8H,1-4H3;1-2H3/b10-7+,12-8?;;. The fourth-order valence-corrected chi connectivity index (χ4v) is 2.65. The molecule has 0 saturated heterocycles. The highest BCUT2D eigenvalue weighted by molar-refractivity contribution is 5.71. The number of allylic oxidation sites excluding steroid dienone is 2. The van der Waals surface area contributed by atoms with Crippen LogP contribution in [-0.2, 0) is 7.05 Å². The Morgan fingerprint density at radius 2 is 1.72 bits per heavy atom. The molecule has 1 aromatic rings. The molecule has 25 heavy (non-hydrogen) atoms. The molecular formula is C22H43N3. The molecule has 3 nitrogen and oxygen atoms in total. The van der Waals surface area contributed by atoms with Gasteiger partial charge in [0.05, 0.1) is 5.69 Å². The second-order valence-electron chi connectivity index (χ2n) is 7.02. The topological polar surface area (TPSA) is 30.2 Å². The van der Waals surface area contributed by atoms with Crippen molar-refractivity contribution in [3.63, 3.8) is 0 Å². The van der Waals surface area contributed by atoms with Gasteiger partial charge in [-0.15, -0.1) is 0 Å². The lowest BCUT2D eigenvalue weighted by molar-refractivity contribution is 0.431. The highest BCUT2D eigenvalue weighted by Gasteiger charge is 2.12.